The van der Waals surface area contributed by atoms with Crippen LogP contribution in [0.15, 0.2) is 23.0 Å². The Morgan fingerprint density at radius 2 is 1.92 bits per heavy atom. The Morgan fingerprint density at radius 3 is 2.54 bits per heavy atom. The van der Waals surface area contributed by atoms with Gasteiger partial charge in [-0.15, -0.1) is 0 Å². The molecule has 0 bridgehead atoms. The summed E-state index contributed by atoms with van der Waals surface area (Å²) in [5.41, 5.74) is 3.74. The van der Waals surface area contributed by atoms with Gasteiger partial charge in [0.25, 0.3) is 0 Å². The molecule has 0 unspecified atom stereocenters. The van der Waals surface area contributed by atoms with Crippen molar-refractivity contribution in [1.82, 2.24) is 0 Å². The highest BCUT2D eigenvalue weighted by atomic mass is 28.4. The predicted octanol–water partition coefficient (Wildman–Crippen LogP) is 6.21. The quantitative estimate of drug-likeness (QED) is 0.446. The van der Waals surface area contributed by atoms with Gasteiger partial charge in [0.2, 0.25) is 0 Å². The number of allylic oxidation sites excluding steroid dienone is 3. The van der Waals surface area contributed by atoms with Gasteiger partial charge in [0.15, 0.2) is 8.32 Å². The van der Waals surface area contributed by atoms with Gasteiger partial charge in [-0.2, -0.15) is 0 Å². The minimum absolute atomic E-state index is 0.293. The molecule has 136 valence electrons. The number of fused-ring (bicyclic) bond motifs is 2. The molecule has 0 saturated heterocycles. The molecule has 3 aliphatic carbocycles. The van der Waals surface area contributed by atoms with Crippen molar-refractivity contribution >= 4 is 8.32 Å². The van der Waals surface area contributed by atoms with Crippen LogP contribution in [0.1, 0.15) is 66.2 Å². The largest absolute Gasteiger partial charge is 0.501 e. The van der Waals surface area contributed by atoms with Crippen LogP contribution >= 0.6 is 0 Å². The van der Waals surface area contributed by atoms with E-state index >= 15 is 0 Å². The molecular formula is C21H36O2Si. The van der Waals surface area contributed by atoms with Gasteiger partial charge in [0, 0.05) is 6.42 Å². The van der Waals surface area contributed by atoms with E-state index in [1.54, 1.807) is 11.1 Å². The van der Waals surface area contributed by atoms with Gasteiger partial charge in [0.1, 0.15) is 0 Å². The van der Waals surface area contributed by atoms with E-state index in [-0.39, 0.29) is 0 Å². The van der Waals surface area contributed by atoms with Crippen LogP contribution in [0.25, 0.3) is 0 Å². The molecule has 0 amide bonds. The molecule has 0 spiro atoms. The van der Waals surface area contributed by atoms with Crippen molar-refractivity contribution in [2.45, 2.75) is 90.5 Å². The zero-order valence-corrected chi connectivity index (χ0v) is 17.8. The fourth-order valence-corrected chi connectivity index (χ4v) is 6.26. The summed E-state index contributed by atoms with van der Waals surface area (Å²) in [5, 5.41) is 0.293. The first kappa shape index (κ1) is 18.3. The number of hydrogen-bond acceptors (Lipinski definition) is 2. The van der Waals surface area contributed by atoms with Gasteiger partial charge in [-0.25, -0.2) is 0 Å². The molecule has 0 heterocycles. The van der Waals surface area contributed by atoms with E-state index in [4.69, 9.17) is 9.16 Å². The lowest BCUT2D eigenvalue weighted by molar-refractivity contribution is 0.0436. The highest BCUT2D eigenvalue weighted by molar-refractivity contribution is 6.74. The van der Waals surface area contributed by atoms with Gasteiger partial charge < -0.3 is 9.16 Å². The lowest BCUT2D eigenvalue weighted by atomic mass is 9.64. The fraction of sp³-hybridized carbons (Fsp3) is 0.810. The van der Waals surface area contributed by atoms with Crippen LogP contribution in [0, 0.1) is 11.3 Å². The zero-order chi connectivity index (χ0) is 17.8. The molecule has 24 heavy (non-hydrogen) atoms. The van der Waals surface area contributed by atoms with Gasteiger partial charge >= 0.3 is 0 Å². The summed E-state index contributed by atoms with van der Waals surface area (Å²) in [6, 6.07) is 0. The van der Waals surface area contributed by atoms with Crippen LogP contribution in [-0.4, -0.2) is 21.5 Å². The lowest BCUT2D eigenvalue weighted by Gasteiger charge is -2.47. The van der Waals surface area contributed by atoms with Crippen LogP contribution < -0.4 is 0 Å². The van der Waals surface area contributed by atoms with Crippen molar-refractivity contribution in [3.8, 4) is 0 Å². The summed E-state index contributed by atoms with van der Waals surface area (Å²) < 4.78 is 12.4. The Labute approximate surface area is 149 Å². The van der Waals surface area contributed by atoms with Crippen LogP contribution in [0.4, 0.5) is 0 Å². The fourth-order valence-electron chi connectivity index (χ4n) is 4.81. The van der Waals surface area contributed by atoms with E-state index in [1.165, 1.54) is 31.4 Å². The van der Waals surface area contributed by atoms with Gasteiger partial charge in [-0.3, -0.25) is 0 Å². The zero-order valence-electron chi connectivity index (χ0n) is 16.8. The molecule has 1 fully saturated rings. The summed E-state index contributed by atoms with van der Waals surface area (Å²) in [4.78, 5) is 0. The third kappa shape index (κ3) is 2.92. The van der Waals surface area contributed by atoms with Crippen molar-refractivity contribution in [1.29, 1.82) is 0 Å². The average Bonchev–Trinajstić information content (AvgIpc) is 2.82. The predicted molar refractivity (Wildman–Crippen MR) is 103 cm³/mol. The standard InChI is InChI=1S/C21H36O2Si/c1-20(2,3)24(6,7)23-19-11-10-18-17-9-8-16(22-5)14-15(17)12-13-21(18,19)4/h8,18-19H,9-14H2,1-7H3/t18-,19-,21-/m0/s1. The molecule has 0 aromatic rings. The first-order chi connectivity index (χ1) is 11.1. The third-order valence-corrected chi connectivity index (χ3v) is 12.0. The number of ether oxygens (including phenoxy) is 1. The molecule has 0 aromatic heterocycles. The van der Waals surface area contributed by atoms with E-state index < -0.39 is 8.32 Å². The monoisotopic (exact) mass is 348 g/mol. The maximum atomic E-state index is 6.93. The summed E-state index contributed by atoms with van der Waals surface area (Å²) in [6.07, 6.45) is 9.98. The number of methoxy groups -OCH3 is 1. The number of rotatable bonds is 3. The molecule has 0 N–H and O–H groups in total. The van der Waals surface area contributed by atoms with Crippen molar-refractivity contribution < 1.29 is 9.16 Å². The minimum atomic E-state index is -1.70. The average molecular weight is 349 g/mol. The maximum Gasteiger partial charge on any atom is 0.192 e. The summed E-state index contributed by atoms with van der Waals surface area (Å²) in [5.74, 6) is 1.90. The van der Waals surface area contributed by atoms with Crippen LogP contribution in [-0.2, 0) is 9.16 Å². The summed E-state index contributed by atoms with van der Waals surface area (Å²) in [7, 11) is 0.107. The molecule has 2 nitrogen and oxygen atoms in total. The second-order valence-electron chi connectivity index (χ2n) is 9.89. The molecule has 1 saturated carbocycles. The van der Waals surface area contributed by atoms with Gasteiger partial charge in [0.05, 0.1) is 19.0 Å². The topological polar surface area (TPSA) is 18.5 Å². The highest BCUT2D eigenvalue weighted by Gasteiger charge is 2.53. The molecular weight excluding hydrogens is 312 g/mol. The van der Waals surface area contributed by atoms with E-state index in [9.17, 15) is 0 Å². The minimum Gasteiger partial charge on any atom is -0.501 e. The Kier molecular flexibility index (Phi) is 4.58. The summed E-state index contributed by atoms with van der Waals surface area (Å²) >= 11 is 0. The Balaban J connectivity index is 1.80. The smallest absolute Gasteiger partial charge is 0.192 e. The molecule has 3 atom stereocenters. The Bertz CT molecular complexity index is 567. The van der Waals surface area contributed by atoms with Crippen molar-refractivity contribution in [3.05, 3.63) is 23.0 Å². The Morgan fingerprint density at radius 1 is 1.21 bits per heavy atom. The molecule has 3 rings (SSSR count). The van der Waals surface area contributed by atoms with Crippen LogP contribution in [0.2, 0.25) is 18.1 Å². The highest BCUT2D eigenvalue weighted by Crippen LogP contribution is 2.58. The maximum absolute atomic E-state index is 6.93. The first-order valence-corrected chi connectivity index (χ1v) is 12.6. The lowest BCUT2D eigenvalue weighted by Crippen LogP contribution is -2.48. The van der Waals surface area contributed by atoms with Crippen LogP contribution in [0.3, 0.4) is 0 Å². The normalized spacial score (nSPS) is 33.9. The Hall–Kier alpha value is -0.543. The molecule has 0 aromatic carbocycles. The second kappa shape index (κ2) is 6.02. The second-order valence-corrected chi connectivity index (χ2v) is 14.6. The van der Waals surface area contributed by atoms with Gasteiger partial charge in [-0.05, 0) is 67.6 Å². The van der Waals surface area contributed by atoms with Gasteiger partial charge in [-0.1, -0.05) is 38.8 Å². The van der Waals surface area contributed by atoms with Crippen molar-refractivity contribution in [2.75, 3.05) is 7.11 Å². The van der Waals surface area contributed by atoms with E-state index in [0.717, 1.165) is 18.8 Å². The van der Waals surface area contributed by atoms with Crippen LogP contribution in [0.5, 0.6) is 0 Å². The van der Waals surface area contributed by atoms with E-state index in [2.05, 4.69) is 46.9 Å². The first-order valence-electron chi connectivity index (χ1n) is 9.70. The molecule has 0 aliphatic heterocycles. The van der Waals surface area contributed by atoms with E-state index in [0.29, 0.717) is 16.6 Å². The molecule has 0 radical (unpaired) electrons. The number of hydrogen-bond donors (Lipinski definition) is 0. The van der Waals surface area contributed by atoms with E-state index in [1.807, 2.05) is 7.11 Å². The SMILES string of the molecule is COC1=CCC2=C(CC[C@]3(C)[C@@H](O[Si](C)(C)C(C)(C)C)CC[C@@H]23)C1. The summed E-state index contributed by atoms with van der Waals surface area (Å²) in [6.45, 7) is 14.4. The third-order valence-electron chi connectivity index (χ3n) is 7.53. The molecule has 3 heteroatoms. The van der Waals surface area contributed by atoms with Crippen molar-refractivity contribution in [3.63, 3.8) is 0 Å². The molecule has 3 aliphatic rings. The van der Waals surface area contributed by atoms with Crippen molar-refractivity contribution in [2.24, 2.45) is 11.3 Å².